The van der Waals surface area contributed by atoms with Crippen LogP contribution in [-0.2, 0) is 0 Å². The van der Waals surface area contributed by atoms with Gasteiger partial charge in [0.05, 0.1) is 9.95 Å². The summed E-state index contributed by atoms with van der Waals surface area (Å²) in [6.45, 7) is 0. The van der Waals surface area contributed by atoms with Gasteiger partial charge in [-0.3, -0.25) is 14.9 Å². The molecule has 0 radical (unpaired) electrons. The van der Waals surface area contributed by atoms with Gasteiger partial charge in [0.1, 0.15) is 5.56 Å². The van der Waals surface area contributed by atoms with E-state index >= 15 is 0 Å². The van der Waals surface area contributed by atoms with Crippen LogP contribution in [0.4, 0.5) is 17.2 Å². The van der Waals surface area contributed by atoms with Crippen molar-refractivity contribution in [1.29, 1.82) is 0 Å². The summed E-state index contributed by atoms with van der Waals surface area (Å²) in [5.41, 5.74) is 5.29. The summed E-state index contributed by atoms with van der Waals surface area (Å²) in [5.74, 6) is -0.583. The van der Waals surface area contributed by atoms with E-state index in [1.54, 1.807) is 6.07 Å². The Balaban J connectivity index is 2.37. The fourth-order valence-corrected chi connectivity index (χ4v) is 1.72. The Bertz CT molecular complexity index is 690. The highest BCUT2D eigenvalue weighted by Gasteiger charge is 2.21. The molecule has 20 heavy (non-hydrogen) atoms. The molecule has 0 spiro atoms. The highest BCUT2D eigenvalue weighted by atomic mass is 35.5. The zero-order chi connectivity index (χ0) is 14.7. The maximum Gasteiger partial charge on any atom is 0.282 e. The number of rotatable bonds is 3. The van der Waals surface area contributed by atoms with Crippen LogP contribution in [0.1, 0.15) is 10.4 Å². The van der Waals surface area contributed by atoms with Gasteiger partial charge in [0.25, 0.3) is 11.6 Å². The van der Waals surface area contributed by atoms with Crippen LogP contribution in [-0.4, -0.2) is 15.8 Å². The molecule has 0 saturated heterocycles. The van der Waals surface area contributed by atoms with E-state index in [1.807, 2.05) is 0 Å². The van der Waals surface area contributed by atoms with Crippen LogP contribution in [0, 0.1) is 10.1 Å². The van der Waals surface area contributed by atoms with Gasteiger partial charge < -0.3 is 11.1 Å². The monoisotopic (exact) mass is 292 g/mol. The number of nitrogens with one attached hydrogen (secondary N) is 1. The first-order valence-corrected chi connectivity index (χ1v) is 5.82. The summed E-state index contributed by atoms with van der Waals surface area (Å²) in [4.78, 5) is 26.2. The molecule has 3 N–H and O–H groups in total. The number of nitrogens with two attached hydrogens (primary N) is 1. The summed E-state index contributed by atoms with van der Waals surface area (Å²) in [6, 6.07) is 6.89. The number of nitrogen functional groups attached to an aromatic ring is 1. The largest absolute Gasteiger partial charge is 0.399 e. The number of pyridine rings is 1. The quantitative estimate of drug-likeness (QED) is 0.513. The van der Waals surface area contributed by atoms with E-state index in [0.717, 1.165) is 0 Å². The Morgan fingerprint density at radius 2 is 2.15 bits per heavy atom. The number of halogens is 1. The number of amides is 1. The minimum Gasteiger partial charge on any atom is -0.399 e. The molecule has 1 aromatic carbocycles. The molecule has 0 unspecified atom stereocenters. The standard InChI is InChI=1S/C12H9ClN4O3/c13-9-2-1-5-15-11(9)16-12(18)8-6-7(14)3-4-10(8)17(19)20/h1-6H,14H2,(H,15,16,18). The molecule has 1 heterocycles. The highest BCUT2D eigenvalue weighted by molar-refractivity contribution is 6.33. The van der Waals surface area contributed by atoms with Crippen molar-refractivity contribution in [3.8, 4) is 0 Å². The SMILES string of the molecule is Nc1ccc([N+](=O)[O-])c(C(=O)Nc2ncccc2Cl)c1. The molecule has 102 valence electrons. The van der Waals surface area contributed by atoms with Crippen LogP contribution in [0.25, 0.3) is 0 Å². The zero-order valence-electron chi connectivity index (χ0n) is 10.0. The van der Waals surface area contributed by atoms with Crippen LogP contribution in [0.15, 0.2) is 36.5 Å². The first-order valence-electron chi connectivity index (χ1n) is 5.45. The van der Waals surface area contributed by atoms with Gasteiger partial charge in [-0.25, -0.2) is 4.98 Å². The predicted octanol–water partition coefficient (Wildman–Crippen LogP) is 2.48. The maximum atomic E-state index is 12.1. The molecule has 0 fully saturated rings. The molecule has 1 amide bonds. The number of anilines is 2. The van der Waals surface area contributed by atoms with Crippen LogP contribution in [0.2, 0.25) is 5.02 Å². The Morgan fingerprint density at radius 1 is 1.40 bits per heavy atom. The Morgan fingerprint density at radius 3 is 2.80 bits per heavy atom. The third kappa shape index (κ3) is 2.83. The number of benzene rings is 1. The van der Waals surface area contributed by atoms with Gasteiger partial charge in [-0.1, -0.05) is 11.6 Å². The highest BCUT2D eigenvalue weighted by Crippen LogP contribution is 2.24. The van der Waals surface area contributed by atoms with Crippen LogP contribution in [0.3, 0.4) is 0 Å². The number of carbonyl (C=O) groups excluding carboxylic acids is 1. The summed E-state index contributed by atoms with van der Waals surface area (Å²) in [6.07, 6.45) is 1.44. The molecule has 0 aliphatic carbocycles. The average molecular weight is 293 g/mol. The second-order valence-electron chi connectivity index (χ2n) is 3.82. The van der Waals surface area contributed by atoms with Gasteiger partial charge in [-0.2, -0.15) is 0 Å². The lowest BCUT2D eigenvalue weighted by Crippen LogP contribution is -2.15. The van der Waals surface area contributed by atoms with Crippen LogP contribution < -0.4 is 11.1 Å². The molecule has 2 rings (SSSR count). The molecule has 7 nitrogen and oxygen atoms in total. The summed E-state index contributed by atoms with van der Waals surface area (Å²) in [5, 5.41) is 13.5. The number of hydrogen-bond acceptors (Lipinski definition) is 5. The second kappa shape index (κ2) is 5.54. The van der Waals surface area contributed by atoms with Gasteiger partial charge >= 0.3 is 0 Å². The van der Waals surface area contributed by atoms with Crippen molar-refractivity contribution in [2.45, 2.75) is 0 Å². The van der Waals surface area contributed by atoms with E-state index in [4.69, 9.17) is 17.3 Å². The molecule has 2 aromatic rings. The van der Waals surface area contributed by atoms with Gasteiger partial charge in [-0.15, -0.1) is 0 Å². The predicted molar refractivity (Wildman–Crippen MR) is 74.7 cm³/mol. The van der Waals surface area contributed by atoms with Crippen molar-refractivity contribution in [2.24, 2.45) is 0 Å². The molecule has 0 bridgehead atoms. The molecule has 8 heteroatoms. The topological polar surface area (TPSA) is 111 Å². The summed E-state index contributed by atoms with van der Waals surface area (Å²) < 4.78 is 0. The number of nitro groups is 1. The van der Waals surface area contributed by atoms with Crippen molar-refractivity contribution in [3.63, 3.8) is 0 Å². The first-order chi connectivity index (χ1) is 9.49. The minimum atomic E-state index is -0.704. The van der Waals surface area contributed by atoms with Crippen molar-refractivity contribution in [3.05, 3.63) is 57.2 Å². The van der Waals surface area contributed by atoms with E-state index in [9.17, 15) is 14.9 Å². The number of nitro benzene ring substituents is 1. The van der Waals surface area contributed by atoms with Gasteiger partial charge in [-0.05, 0) is 24.3 Å². The normalized spacial score (nSPS) is 10.1. The second-order valence-corrected chi connectivity index (χ2v) is 4.23. The third-order valence-corrected chi connectivity index (χ3v) is 2.76. The van der Waals surface area contributed by atoms with Crippen molar-refractivity contribution < 1.29 is 9.72 Å². The molecular weight excluding hydrogens is 284 g/mol. The molecule has 1 aromatic heterocycles. The zero-order valence-corrected chi connectivity index (χ0v) is 10.8. The van der Waals surface area contributed by atoms with E-state index in [0.29, 0.717) is 0 Å². The lowest BCUT2D eigenvalue weighted by atomic mass is 10.1. The van der Waals surface area contributed by atoms with E-state index < -0.39 is 10.8 Å². The third-order valence-electron chi connectivity index (χ3n) is 2.45. The van der Waals surface area contributed by atoms with Gasteiger partial charge in [0.2, 0.25) is 0 Å². The van der Waals surface area contributed by atoms with E-state index in [1.165, 1.54) is 30.5 Å². The van der Waals surface area contributed by atoms with E-state index in [-0.39, 0.29) is 27.8 Å². The maximum absolute atomic E-state index is 12.1. The fraction of sp³-hybridized carbons (Fsp3) is 0. The minimum absolute atomic E-state index is 0.121. The lowest BCUT2D eigenvalue weighted by Gasteiger charge is -2.07. The first kappa shape index (κ1) is 13.8. The number of nitrogens with zero attached hydrogens (tertiary/aromatic N) is 2. The summed E-state index contributed by atoms with van der Waals surface area (Å²) in [7, 11) is 0. The van der Waals surface area contributed by atoms with Crippen LogP contribution in [0.5, 0.6) is 0 Å². The van der Waals surface area contributed by atoms with Gasteiger partial charge in [0, 0.05) is 18.0 Å². The Labute approximate surface area is 118 Å². The number of aromatic nitrogens is 1. The molecule has 0 atom stereocenters. The average Bonchev–Trinajstić information content (AvgIpc) is 2.40. The number of hydrogen-bond donors (Lipinski definition) is 2. The smallest absolute Gasteiger partial charge is 0.282 e. The summed E-state index contributed by atoms with van der Waals surface area (Å²) >= 11 is 5.85. The molecule has 0 aliphatic heterocycles. The van der Waals surface area contributed by atoms with Crippen molar-refractivity contribution >= 4 is 34.7 Å². The Kier molecular flexibility index (Phi) is 3.81. The Hall–Kier alpha value is -2.67. The number of carbonyl (C=O) groups is 1. The van der Waals surface area contributed by atoms with Crippen molar-refractivity contribution in [1.82, 2.24) is 4.98 Å². The van der Waals surface area contributed by atoms with Crippen molar-refractivity contribution in [2.75, 3.05) is 11.1 Å². The molecule has 0 saturated carbocycles. The van der Waals surface area contributed by atoms with E-state index in [2.05, 4.69) is 10.3 Å². The fourth-order valence-electron chi connectivity index (χ4n) is 1.55. The lowest BCUT2D eigenvalue weighted by molar-refractivity contribution is -0.385. The molecular formula is C12H9ClN4O3. The van der Waals surface area contributed by atoms with Gasteiger partial charge in [0.15, 0.2) is 5.82 Å². The molecule has 0 aliphatic rings. The van der Waals surface area contributed by atoms with Crippen LogP contribution >= 0.6 is 11.6 Å².